The van der Waals surface area contributed by atoms with Crippen molar-refractivity contribution in [3.8, 4) is 10.7 Å². The Morgan fingerprint density at radius 1 is 1.23 bits per heavy atom. The molecule has 2 amide bonds. The molecule has 3 aromatic rings. The lowest BCUT2D eigenvalue weighted by atomic mass is 9.95. The number of carbonyl (C=O) groups is 1. The van der Waals surface area contributed by atoms with E-state index in [0.29, 0.717) is 18.3 Å². The van der Waals surface area contributed by atoms with Crippen LogP contribution in [0.4, 0.5) is 4.79 Å². The summed E-state index contributed by atoms with van der Waals surface area (Å²) < 4.78 is 5.59. The summed E-state index contributed by atoms with van der Waals surface area (Å²) in [5.41, 5.74) is 2.63. The molecule has 0 fully saturated rings. The van der Waals surface area contributed by atoms with Gasteiger partial charge in [0.2, 0.25) is 5.82 Å². The van der Waals surface area contributed by atoms with Gasteiger partial charge < -0.3 is 9.84 Å². The largest absolute Gasteiger partial charge is 0.334 e. The SMILES string of the molecule is CCN1C(=O)NC(c2ccccc2)C(c2nc(-c3cccs3)no2)=C1C. The van der Waals surface area contributed by atoms with E-state index in [1.165, 1.54) is 0 Å². The molecule has 132 valence electrons. The molecule has 1 aliphatic heterocycles. The van der Waals surface area contributed by atoms with Crippen molar-refractivity contribution in [3.63, 3.8) is 0 Å². The molecule has 0 bridgehead atoms. The maximum absolute atomic E-state index is 12.5. The van der Waals surface area contributed by atoms with E-state index in [1.54, 1.807) is 16.2 Å². The molecule has 6 nitrogen and oxygen atoms in total. The third kappa shape index (κ3) is 2.80. The van der Waals surface area contributed by atoms with E-state index < -0.39 is 0 Å². The lowest BCUT2D eigenvalue weighted by Crippen LogP contribution is -2.45. The second-order valence-corrected chi connectivity index (χ2v) is 6.88. The molecule has 1 aliphatic rings. The Kier molecular flexibility index (Phi) is 4.30. The number of nitrogens with one attached hydrogen (secondary N) is 1. The molecule has 2 aromatic heterocycles. The van der Waals surface area contributed by atoms with Crippen LogP contribution in [0, 0.1) is 0 Å². The van der Waals surface area contributed by atoms with Gasteiger partial charge in [-0.1, -0.05) is 41.6 Å². The second-order valence-electron chi connectivity index (χ2n) is 5.94. The van der Waals surface area contributed by atoms with Crippen LogP contribution < -0.4 is 5.32 Å². The number of thiophene rings is 1. The Labute approximate surface area is 155 Å². The van der Waals surface area contributed by atoms with Gasteiger partial charge in [0.25, 0.3) is 5.89 Å². The number of nitrogens with zero attached hydrogens (tertiary/aromatic N) is 3. The standard InChI is InChI=1S/C19H18N4O2S/c1-3-23-12(2)15(16(20-19(23)24)13-8-5-4-6-9-13)18-21-17(22-25-18)14-10-7-11-26-14/h4-11,16H,3H2,1-2H3,(H,20,24). The Morgan fingerprint density at radius 2 is 2.04 bits per heavy atom. The van der Waals surface area contributed by atoms with Crippen molar-refractivity contribution in [2.75, 3.05) is 6.54 Å². The van der Waals surface area contributed by atoms with Gasteiger partial charge in [0.05, 0.1) is 16.5 Å². The zero-order valence-corrected chi connectivity index (χ0v) is 15.3. The van der Waals surface area contributed by atoms with Crippen molar-refractivity contribution in [3.05, 3.63) is 65.0 Å². The molecule has 3 heterocycles. The van der Waals surface area contributed by atoms with E-state index in [1.807, 2.05) is 61.7 Å². The Hall–Kier alpha value is -2.93. The van der Waals surface area contributed by atoms with Crippen molar-refractivity contribution in [2.24, 2.45) is 0 Å². The molecule has 7 heteroatoms. The summed E-state index contributed by atoms with van der Waals surface area (Å²) in [4.78, 5) is 19.7. The fourth-order valence-electron chi connectivity index (χ4n) is 3.17. The van der Waals surface area contributed by atoms with Crippen molar-refractivity contribution in [1.82, 2.24) is 20.4 Å². The third-order valence-electron chi connectivity index (χ3n) is 4.44. The van der Waals surface area contributed by atoms with Crippen LogP contribution in [0.2, 0.25) is 0 Å². The van der Waals surface area contributed by atoms with Gasteiger partial charge in [-0.25, -0.2) is 4.79 Å². The highest BCUT2D eigenvalue weighted by molar-refractivity contribution is 7.13. The van der Waals surface area contributed by atoms with E-state index >= 15 is 0 Å². The predicted octanol–water partition coefficient (Wildman–Crippen LogP) is 4.32. The summed E-state index contributed by atoms with van der Waals surface area (Å²) in [5, 5.41) is 9.16. The van der Waals surface area contributed by atoms with E-state index in [0.717, 1.165) is 21.7 Å². The van der Waals surface area contributed by atoms with Gasteiger partial charge in [-0.2, -0.15) is 4.98 Å². The summed E-state index contributed by atoms with van der Waals surface area (Å²) in [6, 6.07) is 13.3. The topological polar surface area (TPSA) is 71.3 Å². The quantitative estimate of drug-likeness (QED) is 0.747. The molecule has 0 radical (unpaired) electrons. The number of amides is 2. The fraction of sp³-hybridized carbons (Fsp3) is 0.211. The summed E-state index contributed by atoms with van der Waals surface area (Å²) in [6.07, 6.45) is 0. The lowest BCUT2D eigenvalue weighted by molar-refractivity contribution is 0.207. The molecule has 0 aliphatic carbocycles. The van der Waals surface area contributed by atoms with Gasteiger partial charge in [-0.15, -0.1) is 11.3 Å². The average Bonchev–Trinajstić information content (AvgIpc) is 3.34. The molecular weight excluding hydrogens is 348 g/mol. The number of benzene rings is 1. The molecule has 26 heavy (non-hydrogen) atoms. The highest BCUT2D eigenvalue weighted by Gasteiger charge is 2.35. The number of hydrogen-bond donors (Lipinski definition) is 1. The summed E-state index contributed by atoms with van der Waals surface area (Å²) in [6.45, 7) is 4.42. The van der Waals surface area contributed by atoms with Gasteiger partial charge in [0.15, 0.2) is 0 Å². The minimum atomic E-state index is -0.330. The third-order valence-corrected chi connectivity index (χ3v) is 5.31. The summed E-state index contributed by atoms with van der Waals surface area (Å²) >= 11 is 1.56. The van der Waals surface area contributed by atoms with Gasteiger partial charge >= 0.3 is 6.03 Å². The van der Waals surface area contributed by atoms with Crippen LogP contribution in [-0.2, 0) is 0 Å². The van der Waals surface area contributed by atoms with Crippen LogP contribution in [0.5, 0.6) is 0 Å². The van der Waals surface area contributed by atoms with Gasteiger partial charge in [0.1, 0.15) is 0 Å². The van der Waals surface area contributed by atoms with Crippen molar-refractivity contribution < 1.29 is 9.32 Å². The Bertz CT molecular complexity index is 947. The first-order chi connectivity index (χ1) is 12.7. The van der Waals surface area contributed by atoms with Crippen molar-refractivity contribution in [1.29, 1.82) is 0 Å². The van der Waals surface area contributed by atoms with Crippen LogP contribution in [0.25, 0.3) is 16.3 Å². The maximum Gasteiger partial charge on any atom is 0.322 e. The van der Waals surface area contributed by atoms with Crippen molar-refractivity contribution in [2.45, 2.75) is 19.9 Å². The minimum Gasteiger partial charge on any atom is -0.334 e. The molecule has 1 atom stereocenters. The highest BCUT2D eigenvalue weighted by Crippen LogP contribution is 2.37. The average molecular weight is 366 g/mol. The van der Waals surface area contributed by atoms with Gasteiger partial charge in [0, 0.05) is 12.2 Å². The van der Waals surface area contributed by atoms with Crippen LogP contribution >= 0.6 is 11.3 Å². The Balaban J connectivity index is 1.83. The van der Waals surface area contributed by atoms with Crippen LogP contribution in [-0.4, -0.2) is 27.6 Å². The summed E-state index contributed by atoms with van der Waals surface area (Å²) in [7, 11) is 0. The van der Waals surface area contributed by atoms with Gasteiger partial charge in [-0.3, -0.25) is 4.90 Å². The zero-order chi connectivity index (χ0) is 18.1. The predicted molar refractivity (Wildman–Crippen MR) is 100 cm³/mol. The van der Waals surface area contributed by atoms with E-state index in [2.05, 4.69) is 15.5 Å². The second kappa shape index (κ2) is 6.76. The number of rotatable bonds is 4. The molecule has 1 N–H and O–H groups in total. The summed E-state index contributed by atoms with van der Waals surface area (Å²) in [5.74, 6) is 0.986. The lowest BCUT2D eigenvalue weighted by Gasteiger charge is -2.34. The Morgan fingerprint density at radius 3 is 2.73 bits per heavy atom. The monoisotopic (exact) mass is 366 g/mol. The highest BCUT2D eigenvalue weighted by atomic mass is 32.1. The molecular formula is C19H18N4O2S. The van der Waals surface area contributed by atoms with E-state index in [4.69, 9.17) is 4.52 Å². The van der Waals surface area contributed by atoms with E-state index in [9.17, 15) is 4.79 Å². The van der Waals surface area contributed by atoms with Crippen molar-refractivity contribution >= 4 is 22.9 Å². The first-order valence-electron chi connectivity index (χ1n) is 8.40. The molecule has 1 unspecified atom stereocenters. The first kappa shape index (κ1) is 16.5. The smallest absolute Gasteiger partial charge is 0.322 e. The number of carbonyl (C=O) groups excluding carboxylic acids is 1. The van der Waals surface area contributed by atoms with Crippen LogP contribution in [0.3, 0.4) is 0 Å². The zero-order valence-electron chi connectivity index (χ0n) is 14.5. The molecule has 1 aromatic carbocycles. The molecule has 0 spiro atoms. The first-order valence-corrected chi connectivity index (χ1v) is 9.28. The number of allylic oxidation sites excluding steroid dienone is 1. The van der Waals surface area contributed by atoms with Gasteiger partial charge in [-0.05, 0) is 30.9 Å². The normalized spacial score (nSPS) is 17.5. The number of hydrogen-bond acceptors (Lipinski definition) is 5. The maximum atomic E-state index is 12.5. The van der Waals surface area contributed by atoms with Crippen LogP contribution in [0.15, 0.2) is 58.1 Å². The number of aromatic nitrogens is 2. The minimum absolute atomic E-state index is 0.124. The molecule has 0 saturated heterocycles. The molecule has 4 rings (SSSR count). The van der Waals surface area contributed by atoms with Crippen LogP contribution in [0.1, 0.15) is 31.3 Å². The molecule has 0 saturated carbocycles. The van der Waals surface area contributed by atoms with E-state index in [-0.39, 0.29) is 12.1 Å². The fourth-order valence-corrected chi connectivity index (χ4v) is 3.82. The number of urea groups is 1.